The lowest BCUT2D eigenvalue weighted by Crippen LogP contribution is -2.13. The van der Waals surface area contributed by atoms with Gasteiger partial charge in [0.1, 0.15) is 0 Å². The Morgan fingerprint density at radius 3 is 2.73 bits per heavy atom. The summed E-state index contributed by atoms with van der Waals surface area (Å²) in [7, 11) is 0. The average Bonchev–Trinajstić information content (AvgIpc) is 2.91. The molecule has 2 heteroatoms. The van der Waals surface area contributed by atoms with Gasteiger partial charge in [0, 0.05) is 6.20 Å². The van der Waals surface area contributed by atoms with E-state index in [1.807, 2.05) is 36.5 Å². The number of aliphatic imine (C=N–C) groups is 1. The lowest BCUT2D eigenvalue weighted by Gasteiger charge is -2.15. The van der Waals surface area contributed by atoms with Crippen LogP contribution in [0, 0.1) is 6.92 Å². The van der Waals surface area contributed by atoms with E-state index in [9.17, 15) is 0 Å². The van der Waals surface area contributed by atoms with Gasteiger partial charge in [0.25, 0.3) is 0 Å². The Balaban J connectivity index is 2.20. The van der Waals surface area contributed by atoms with Gasteiger partial charge in [0.2, 0.25) is 0 Å². The van der Waals surface area contributed by atoms with E-state index in [1.54, 1.807) is 6.08 Å². The summed E-state index contributed by atoms with van der Waals surface area (Å²) in [6.45, 7) is 9.80. The smallest absolute Gasteiger partial charge is 0.0713 e. The number of nitrogens with zero attached hydrogens (tertiary/aromatic N) is 2. The Kier molecular flexibility index (Phi) is 3.84. The van der Waals surface area contributed by atoms with Gasteiger partial charge < -0.3 is 0 Å². The van der Waals surface area contributed by atoms with E-state index in [0.29, 0.717) is 0 Å². The van der Waals surface area contributed by atoms with Crippen molar-refractivity contribution in [3.8, 4) is 0 Å². The zero-order chi connectivity index (χ0) is 15.5. The van der Waals surface area contributed by atoms with E-state index in [4.69, 9.17) is 4.99 Å². The molecule has 1 aromatic heterocycles. The van der Waals surface area contributed by atoms with E-state index in [-0.39, 0.29) is 5.92 Å². The Labute approximate surface area is 131 Å². The number of allylic oxidation sites excluding steroid dienone is 4. The van der Waals surface area contributed by atoms with Crippen molar-refractivity contribution < 1.29 is 0 Å². The molecule has 1 aliphatic rings. The molecule has 22 heavy (non-hydrogen) atoms. The average molecular weight is 286 g/mol. The van der Waals surface area contributed by atoms with Crippen molar-refractivity contribution in [3.63, 3.8) is 0 Å². The molecule has 2 aromatic rings. The molecular weight excluding hydrogens is 268 g/mol. The van der Waals surface area contributed by atoms with Crippen LogP contribution in [0.3, 0.4) is 0 Å². The maximum atomic E-state index is 4.83. The number of benzene rings is 1. The number of pyridine rings is 1. The fourth-order valence-electron chi connectivity index (χ4n) is 2.81. The van der Waals surface area contributed by atoms with Gasteiger partial charge in [-0.15, -0.1) is 0 Å². The van der Waals surface area contributed by atoms with Crippen molar-refractivity contribution in [1.29, 1.82) is 0 Å². The summed E-state index contributed by atoms with van der Waals surface area (Å²) in [5.74, 6) is 0.0419. The predicted octanol–water partition coefficient (Wildman–Crippen LogP) is 4.91. The van der Waals surface area contributed by atoms with E-state index in [0.717, 1.165) is 22.7 Å². The molecule has 0 saturated carbocycles. The molecule has 1 aromatic carbocycles. The van der Waals surface area contributed by atoms with Crippen molar-refractivity contribution >= 4 is 11.4 Å². The maximum absolute atomic E-state index is 4.83. The van der Waals surface area contributed by atoms with Crippen LogP contribution in [0.4, 0.5) is 5.69 Å². The minimum absolute atomic E-state index is 0.0419. The van der Waals surface area contributed by atoms with Crippen LogP contribution in [0.5, 0.6) is 0 Å². The molecule has 3 rings (SSSR count). The minimum Gasteiger partial charge on any atom is -0.260 e. The first kappa shape index (κ1) is 14.2. The molecule has 0 saturated heterocycles. The van der Waals surface area contributed by atoms with Crippen LogP contribution < -0.4 is 0 Å². The van der Waals surface area contributed by atoms with Gasteiger partial charge in [-0.25, -0.2) is 0 Å². The summed E-state index contributed by atoms with van der Waals surface area (Å²) in [5.41, 5.74) is 6.40. The van der Waals surface area contributed by atoms with Crippen LogP contribution in [0.2, 0.25) is 0 Å². The monoisotopic (exact) mass is 286 g/mol. The second-order valence-electron chi connectivity index (χ2n) is 5.31. The number of hydrogen-bond donors (Lipinski definition) is 0. The van der Waals surface area contributed by atoms with Crippen LogP contribution in [0.25, 0.3) is 0 Å². The molecule has 0 spiro atoms. The van der Waals surface area contributed by atoms with Crippen molar-refractivity contribution in [2.45, 2.75) is 12.8 Å². The number of hydrogen-bond acceptors (Lipinski definition) is 2. The van der Waals surface area contributed by atoms with Crippen molar-refractivity contribution in [3.05, 3.63) is 96.4 Å². The van der Waals surface area contributed by atoms with E-state index in [2.05, 4.69) is 43.3 Å². The number of aryl methyl sites for hydroxylation is 1. The van der Waals surface area contributed by atoms with Crippen molar-refractivity contribution in [1.82, 2.24) is 4.98 Å². The lowest BCUT2D eigenvalue weighted by atomic mass is 9.87. The lowest BCUT2D eigenvalue weighted by molar-refractivity contribution is 1.02. The summed E-state index contributed by atoms with van der Waals surface area (Å²) in [4.78, 5) is 9.38. The van der Waals surface area contributed by atoms with Crippen LogP contribution in [0.15, 0.2) is 84.5 Å². The largest absolute Gasteiger partial charge is 0.260 e. The van der Waals surface area contributed by atoms with E-state index in [1.165, 1.54) is 11.1 Å². The third-order valence-electron chi connectivity index (χ3n) is 3.81. The molecule has 2 nitrogen and oxygen atoms in total. The second-order valence-corrected chi connectivity index (χ2v) is 5.31. The Bertz CT molecular complexity index is 783. The van der Waals surface area contributed by atoms with Crippen LogP contribution in [-0.4, -0.2) is 10.7 Å². The molecule has 108 valence electrons. The highest BCUT2D eigenvalue weighted by atomic mass is 14.8. The summed E-state index contributed by atoms with van der Waals surface area (Å²) in [5, 5.41) is 0. The van der Waals surface area contributed by atoms with E-state index < -0.39 is 0 Å². The van der Waals surface area contributed by atoms with Crippen LogP contribution in [0.1, 0.15) is 22.7 Å². The van der Waals surface area contributed by atoms with Gasteiger partial charge in [-0.05, 0) is 36.3 Å². The fourth-order valence-corrected chi connectivity index (χ4v) is 2.81. The molecule has 0 N–H and O–H groups in total. The Morgan fingerprint density at radius 1 is 1.18 bits per heavy atom. The third-order valence-corrected chi connectivity index (χ3v) is 3.81. The highest BCUT2D eigenvalue weighted by molar-refractivity contribution is 6.12. The highest BCUT2D eigenvalue weighted by Gasteiger charge is 2.30. The van der Waals surface area contributed by atoms with Gasteiger partial charge in [-0.3, -0.25) is 9.98 Å². The Morgan fingerprint density at radius 2 is 2.05 bits per heavy atom. The van der Waals surface area contributed by atoms with E-state index >= 15 is 0 Å². The summed E-state index contributed by atoms with van der Waals surface area (Å²) >= 11 is 0. The maximum Gasteiger partial charge on any atom is 0.0713 e. The SMILES string of the molecule is C=C/C=C(\C=C)C1=Nc2ccc(C)cc2C1c1ccccn1. The van der Waals surface area contributed by atoms with Gasteiger partial charge in [0.05, 0.1) is 23.0 Å². The number of rotatable bonds is 4. The zero-order valence-corrected chi connectivity index (χ0v) is 12.7. The molecule has 0 fully saturated rings. The quantitative estimate of drug-likeness (QED) is 0.733. The normalized spacial score (nSPS) is 16.9. The Hall–Kier alpha value is -2.74. The standard InChI is InChI=1S/C20H18N2/c1-4-8-15(5-2)20-19(18-9-6-7-12-21-18)16-13-14(3)10-11-17(16)22-20/h4-13,19H,1-2H2,3H3/b15-8+. The minimum atomic E-state index is 0.0419. The highest BCUT2D eigenvalue weighted by Crippen LogP contribution is 2.41. The fraction of sp³-hybridized carbons (Fsp3) is 0.100. The van der Waals surface area contributed by atoms with Gasteiger partial charge in [0.15, 0.2) is 0 Å². The first-order valence-electron chi connectivity index (χ1n) is 7.30. The molecule has 1 atom stereocenters. The van der Waals surface area contributed by atoms with Crippen molar-refractivity contribution in [2.75, 3.05) is 0 Å². The molecule has 1 aliphatic heterocycles. The van der Waals surface area contributed by atoms with Crippen LogP contribution >= 0.6 is 0 Å². The topological polar surface area (TPSA) is 25.2 Å². The molecule has 0 bridgehead atoms. The summed E-state index contributed by atoms with van der Waals surface area (Å²) in [6.07, 6.45) is 7.37. The van der Waals surface area contributed by atoms with Gasteiger partial charge >= 0.3 is 0 Å². The molecule has 1 unspecified atom stereocenters. The second kappa shape index (κ2) is 5.94. The number of fused-ring (bicyclic) bond motifs is 1. The molecule has 0 radical (unpaired) electrons. The van der Waals surface area contributed by atoms with Gasteiger partial charge in [-0.2, -0.15) is 0 Å². The predicted molar refractivity (Wildman–Crippen MR) is 92.8 cm³/mol. The molecule has 0 aliphatic carbocycles. The zero-order valence-electron chi connectivity index (χ0n) is 12.7. The number of aromatic nitrogens is 1. The summed E-state index contributed by atoms with van der Waals surface area (Å²) < 4.78 is 0. The molecular formula is C20H18N2. The first-order chi connectivity index (χ1) is 10.7. The van der Waals surface area contributed by atoms with Crippen molar-refractivity contribution in [2.24, 2.45) is 4.99 Å². The van der Waals surface area contributed by atoms with Gasteiger partial charge in [-0.1, -0.05) is 55.1 Å². The summed E-state index contributed by atoms with van der Waals surface area (Å²) in [6, 6.07) is 12.3. The molecule has 2 heterocycles. The third kappa shape index (κ3) is 2.44. The first-order valence-corrected chi connectivity index (χ1v) is 7.30. The van der Waals surface area contributed by atoms with Crippen LogP contribution in [-0.2, 0) is 0 Å². The molecule has 0 amide bonds.